The van der Waals surface area contributed by atoms with Crippen LogP contribution in [0.15, 0.2) is 12.3 Å². The Kier molecular flexibility index (Phi) is 2.14. The fourth-order valence-corrected chi connectivity index (χ4v) is 1.76. The lowest BCUT2D eigenvalue weighted by molar-refractivity contribution is -0.116. The molecule has 1 aromatic rings. The van der Waals surface area contributed by atoms with Gasteiger partial charge in [0, 0.05) is 18.2 Å². The number of rotatable bonds is 0. The molecule has 0 aliphatic carbocycles. The number of anilines is 2. The number of aromatic nitrogens is 1. The predicted octanol–water partition coefficient (Wildman–Crippen LogP) is 1.92. The van der Waals surface area contributed by atoms with Crippen molar-refractivity contribution in [3.63, 3.8) is 0 Å². The van der Waals surface area contributed by atoms with Gasteiger partial charge in [0.05, 0.1) is 5.69 Å². The van der Waals surface area contributed by atoms with E-state index >= 15 is 0 Å². The number of hydrogen-bond donors (Lipinski definition) is 2. The summed E-state index contributed by atoms with van der Waals surface area (Å²) in [6.07, 6.45) is 2.19. The molecular weight excluding hydrogens is 190 g/mol. The number of aryl methyl sites for hydroxylation is 1. The van der Waals surface area contributed by atoms with Gasteiger partial charge in [-0.2, -0.15) is 0 Å². The van der Waals surface area contributed by atoms with Gasteiger partial charge in [0.1, 0.15) is 5.82 Å². The summed E-state index contributed by atoms with van der Waals surface area (Å²) in [7, 11) is 0. The first-order valence-electron chi connectivity index (χ1n) is 5.02. The topological polar surface area (TPSA) is 54.0 Å². The Morgan fingerprint density at radius 1 is 1.47 bits per heavy atom. The van der Waals surface area contributed by atoms with Gasteiger partial charge in [-0.15, -0.1) is 0 Å². The first-order valence-corrected chi connectivity index (χ1v) is 5.02. The maximum Gasteiger partial charge on any atom is 0.226 e. The number of amides is 1. The summed E-state index contributed by atoms with van der Waals surface area (Å²) in [5.74, 6) is 0.785. The fourth-order valence-electron chi connectivity index (χ4n) is 1.76. The number of nitrogens with zero attached hydrogens (tertiary/aromatic N) is 1. The summed E-state index contributed by atoms with van der Waals surface area (Å²) in [4.78, 5) is 15.9. The van der Waals surface area contributed by atoms with E-state index in [9.17, 15) is 4.79 Å². The number of fused-ring (bicyclic) bond motifs is 1. The first kappa shape index (κ1) is 9.96. The van der Waals surface area contributed by atoms with Crippen molar-refractivity contribution in [2.75, 3.05) is 10.6 Å². The van der Waals surface area contributed by atoms with Gasteiger partial charge in [-0.1, -0.05) is 0 Å². The van der Waals surface area contributed by atoms with E-state index in [-0.39, 0.29) is 11.4 Å². The molecule has 0 radical (unpaired) electrons. The Morgan fingerprint density at radius 3 is 2.93 bits per heavy atom. The second-order valence-electron chi connectivity index (χ2n) is 4.59. The van der Waals surface area contributed by atoms with Gasteiger partial charge in [-0.05, 0) is 32.4 Å². The summed E-state index contributed by atoms with van der Waals surface area (Å²) in [5, 5.41) is 6.16. The van der Waals surface area contributed by atoms with Crippen molar-refractivity contribution in [1.82, 2.24) is 4.98 Å². The van der Waals surface area contributed by atoms with Crippen molar-refractivity contribution in [1.29, 1.82) is 0 Å². The molecular formula is C11H15N3O. The monoisotopic (exact) mass is 205 g/mol. The largest absolute Gasteiger partial charge is 0.363 e. The number of hydrogen-bond acceptors (Lipinski definition) is 3. The van der Waals surface area contributed by atoms with Crippen LogP contribution < -0.4 is 10.6 Å². The minimum absolute atomic E-state index is 0.0300. The van der Waals surface area contributed by atoms with Crippen LogP contribution in [0.5, 0.6) is 0 Å². The third-order valence-corrected chi connectivity index (χ3v) is 2.48. The zero-order valence-electron chi connectivity index (χ0n) is 9.22. The minimum Gasteiger partial charge on any atom is -0.363 e. The smallest absolute Gasteiger partial charge is 0.226 e. The molecule has 15 heavy (non-hydrogen) atoms. The number of pyridine rings is 1. The van der Waals surface area contributed by atoms with Crippen molar-refractivity contribution < 1.29 is 4.79 Å². The van der Waals surface area contributed by atoms with Crippen LogP contribution in [-0.4, -0.2) is 16.4 Å². The minimum atomic E-state index is -0.254. The molecule has 0 atom stereocenters. The second kappa shape index (κ2) is 3.22. The highest BCUT2D eigenvalue weighted by Gasteiger charge is 2.27. The molecule has 0 saturated carbocycles. The zero-order chi connectivity index (χ0) is 11.1. The number of nitrogens with one attached hydrogen (secondary N) is 2. The van der Waals surface area contributed by atoms with Crippen LogP contribution in [0.1, 0.15) is 25.8 Å². The lowest BCUT2D eigenvalue weighted by atomic mass is 10.0. The van der Waals surface area contributed by atoms with Crippen LogP contribution >= 0.6 is 0 Å². The van der Waals surface area contributed by atoms with Gasteiger partial charge in [-0.3, -0.25) is 4.79 Å². The number of carbonyl (C=O) groups is 1. The summed E-state index contributed by atoms with van der Waals surface area (Å²) >= 11 is 0. The van der Waals surface area contributed by atoms with Crippen LogP contribution in [0.3, 0.4) is 0 Å². The van der Waals surface area contributed by atoms with Crippen molar-refractivity contribution in [2.45, 2.75) is 32.7 Å². The van der Waals surface area contributed by atoms with Gasteiger partial charge in [-0.25, -0.2) is 4.98 Å². The second-order valence-corrected chi connectivity index (χ2v) is 4.59. The van der Waals surface area contributed by atoms with Crippen LogP contribution in [0.2, 0.25) is 0 Å². The van der Waals surface area contributed by atoms with Crippen LogP contribution in [-0.2, 0) is 4.79 Å². The summed E-state index contributed by atoms with van der Waals surface area (Å²) in [6, 6.07) is 1.89. The van der Waals surface area contributed by atoms with E-state index in [4.69, 9.17) is 0 Å². The summed E-state index contributed by atoms with van der Waals surface area (Å²) in [6.45, 7) is 5.94. The molecule has 1 amide bonds. The van der Waals surface area contributed by atoms with E-state index < -0.39 is 0 Å². The van der Waals surface area contributed by atoms with E-state index in [1.807, 2.05) is 26.8 Å². The Labute approximate surface area is 89.1 Å². The molecule has 0 bridgehead atoms. The zero-order valence-corrected chi connectivity index (χ0v) is 9.22. The summed E-state index contributed by atoms with van der Waals surface area (Å²) in [5.41, 5.74) is 1.57. The molecule has 2 rings (SSSR count). The molecule has 0 saturated heterocycles. The molecule has 2 N–H and O–H groups in total. The van der Waals surface area contributed by atoms with Crippen LogP contribution in [0.4, 0.5) is 11.5 Å². The highest BCUT2D eigenvalue weighted by atomic mass is 16.1. The van der Waals surface area contributed by atoms with Gasteiger partial charge in [0.2, 0.25) is 5.91 Å². The standard InChI is InChI=1S/C11H15N3O/c1-7-4-5-12-10-9(7)13-8(15)6-11(2,3)14-10/h4-5H,6H2,1-3H3,(H,12,14)(H,13,15). The van der Waals surface area contributed by atoms with Gasteiger partial charge >= 0.3 is 0 Å². The van der Waals surface area contributed by atoms with Crippen molar-refractivity contribution >= 4 is 17.4 Å². The first-order chi connectivity index (χ1) is 6.98. The van der Waals surface area contributed by atoms with Gasteiger partial charge in [0.25, 0.3) is 0 Å². The highest BCUT2D eigenvalue weighted by molar-refractivity contribution is 5.97. The molecule has 0 unspecified atom stereocenters. The summed E-state index contributed by atoms with van der Waals surface area (Å²) < 4.78 is 0. The molecule has 80 valence electrons. The third-order valence-electron chi connectivity index (χ3n) is 2.48. The molecule has 0 spiro atoms. The van der Waals surface area contributed by atoms with E-state index in [2.05, 4.69) is 15.6 Å². The Hall–Kier alpha value is -1.58. The molecule has 1 aliphatic heterocycles. The van der Waals surface area contributed by atoms with E-state index in [0.717, 1.165) is 17.1 Å². The fraction of sp³-hybridized carbons (Fsp3) is 0.455. The SMILES string of the molecule is Cc1ccnc2c1NC(=O)CC(C)(C)N2. The molecule has 2 heterocycles. The van der Waals surface area contributed by atoms with E-state index in [0.29, 0.717) is 6.42 Å². The Morgan fingerprint density at radius 2 is 2.20 bits per heavy atom. The quantitative estimate of drug-likeness (QED) is 0.680. The van der Waals surface area contributed by atoms with Gasteiger partial charge < -0.3 is 10.6 Å². The normalized spacial score (nSPS) is 18.5. The van der Waals surface area contributed by atoms with E-state index in [1.165, 1.54) is 0 Å². The van der Waals surface area contributed by atoms with Crippen LogP contribution in [0.25, 0.3) is 0 Å². The molecule has 0 fully saturated rings. The molecule has 4 nitrogen and oxygen atoms in total. The van der Waals surface area contributed by atoms with Crippen molar-refractivity contribution in [3.8, 4) is 0 Å². The molecule has 0 aromatic carbocycles. The maximum absolute atomic E-state index is 11.6. The molecule has 1 aromatic heterocycles. The molecule has 4 heteroatoms. The van der Waals surface area contributed by atoms with Crippen molar-refractivity contribution in [3.05, 3.63) is 17.8 Å². The average Bonchev–Trinajstić information content (AvgIpc) is 2.20. The average molecular weight is 205 g/mol. The maximum atomic E-state index is 11.6. The highest BCUT2D eigenvalue weighted by Crippen LogP contribution is 2.30. The number of carbonyl (C=O) groups excluding carboxylic acids is 1. The predicted molar refractivity (Wildman–Crippen MR) is 59.9 cm³/mol. The van der Waals surface area contributed by atoms with E-state index in [1.54, 1.807) is 6.20 Å². The third kappa shape index (κ3) is 1.93. The lowest BCUT2D eigenvalue weighted by Gasteiger charge is -2.23. The van der Waals surface area contributed by atoms with Crippen LogP contribution in [0, 0.1) is 6.92 Å². The van der Waals surface area contributed by atoms with Gasteiger partial charge in [0.15, 0.2) is 0 Å². The Bertz CT molecular complexity index is 412. The van der Waals surface area contributed by atoms with Crippen molar-refractivity contribution in [2.24, 2.45) is 0 Å². The Balaban J connectivity index is 2.50. The lowest BCUT2D eigenvalue weighted by Crippen LogP contribution is -2.33. The molecule has 1 aliphatic rings.